The Hall–Kier alpha value is -3.70. The van der Waals surface area contributed by atoms with E-state index in [0.717, 1.165) is 22.7 Å². The smallest absolute Gasteiger partial charge is 0.241 e. The summed E-state index contributed by atoms with van der Waals surface area (Å²) in [5.74, 6) is 0.686. The summed E-state index contributed by atoms with van der Waals surface area (Å²) in [4.78, 5) is 19.5. The molecule has 2 aromatic carbocycles. The quantitative estimate of drug-likeness (QED) is 0.473. The lowest BCUT2D eigenvalue weighted by Crippen LogP contribution is -2.39. The third-order valence-corrected chi connectivity index (χ3v) is 4.84. The molecule has 0 saturated carbocycles. The van der Waals surface area contributed by atoms with Crippen molar-refractivity contribution in [1.29, 1.82) is 0 Å². The molecular weight excluding hydrogens is 374 g/mol. The van der Waals surface area contributed by atoms with E-state index in [1.807, 2.05) is 91.0 Å². The summed E-state index contributed by atoms with van der Waals surface area (Å²) in [5, 5.41) is 3.40. The van der Waals surface area contributed by atoms with Crippen LogP contribution in [0.3, 0.4) is 0 Å². The van der Waals surface area contributed by atoms with Crippen molar-refractivity contribution in [2.45, 2.75) is 12.6 Å². The monoisotopic (exact) mass is 397 g/mol. The maximum Gasteiger partial charge on any atom is 0.241 e. The Labute approximate surface area is 176 Å². The SMILES string of the molecule is O=C(CNC(c1ccccc1)c1ccccn1)N(Cc1ccco1)c1ccccc1. The minimum atomic E-state index is -0.183. The minimum absolute atomic E-state index is 0.0468. The minimum Gasteiger partial charge on any atom is -0.467 e. The van der Waals surface area contributed by atoms with E-state index in [1.165, 1.54) is 0 Å². The molecule has 5 nitrogen and oxygen atoms in total. The number of amides is 1. The Morgan fingerprint density at radius 1 is 0.900 bits per heavy atom. The van der Waals surface area contributed by atoms with Crippen LogP contribution in [0.25, 0.3) is 0 Å². The number of benzene rings is 2. The molecule has 0 spiro atoms. The maximum absolute atomic E-state index is 13.2. The van der Waals surface area contributed by atoms with Crippen molar-refractivity contribution in [3.63, 3.8) is 0 Å². The van der Waals surface area contributed by atoms with E-state index in [9.17, 15) is 4.79 Å². The summed E-state index contributed by atoms with van der Waals surface area (Å²) in [7, 11) is 0. The number of hydrogen-bond donors (Lipinski definition) is 1. The number of nitrogens with one attached hydrogen (secondary N) is 1. The molecule has 0 radical (unpaired) electrons. The molecule has 0 aliphatic rings. The molecule has 0 fully saturated rings. The summed E-state index contributed by atoms with van der Waals surface area (Å²) < 4.78 is 5.48. The predicted molar refractivity (Wildman–Crippen MR) is 117 cm³/mol. The molecule has 5 heteroatoms. The molecule has 4 aromatic rings. The largest absolute Gasteiger partial charge is 0.467 e. The lowest BCUT2D eigenvalue weighted by molar-refractivity contribution is -0.118. The van der Waals surface area contributed by atoms with Gasteiger partial charge in [-0.25, -0.2) is 0 Å². The van der Waals surface area contributed by atoms with Crippen molar-refractivity contribution < 1.29 is 9.21 Å². The topological polar surface area (TPSA) is 58.4 Å². The maximum atomic E-state index is 13.2. The van der Waals surface area contributed by atoms with Crippen LogP contribution in [0.15, 0.2) is 108 Å². The van der Waals surface area contributed by atoms with Crippen LogP contribution in [0, 0.1) is 0 Å². The number of hydrogen-bond acceptors (Lipinski definition) is 4. The number of aromatic nitrogens is 1. The van der Waals surface area contributed by atoms with Crippen molar-refractivity contribution in [2.24, 2.45) is 0 Å². The predicted octanol–water partition coefficient (Wildman–Crippen LogP) is 4.59. The number of nitrogens with zero attached hydrogens (tertiary/aromatic N) is 2. The molecule has 4 rings (SSSR count). The van der Waals surface area contributed by atoms with Gasteiger partial charge in [0.15, 0.2) is 0 Å². The fourth-order valence-electron chi connectivity index (χ4n) is 3.36. The zero-order valence-corrected chi connectivity index (χ0v) is 16.5. The molecule has 0 aliphatic carbocycles. The third-order valence-electron chi connectivity index (χ3n) is 4.84. The Kier molecular flexibility index (Phi) is 6.32. The standard InChI is InChI=1S/C25H23N3O2/c29-24(28(19-22-14-9-17-30-22)21-12-5-2-6-13-21)18-27-25(20-10-3-1-4-11-20)23-15-7-8-16-26-23/h1-17,25,27H,18-19H2. The second-order valence-electron chi connectivity index (χ2n) is 6.87. The summed E-state index contributed by atoms with van der Waals surface area (Å²) >= 11 is 0. The van der Waals surface area contributed by atoms with E-state index >= 15 is 0 Å². The fraction of sp³-hybridized carbons (Fsp3) is 0.120. The molecule has 30 heavy (non-hydrogen) atoms. The zero-order valence-electron chi connectivity index (χ0n) is 16.5. The van der Waals surface area contributed by atoms with Crippen LogP contribution >= 0.6 is 0 Å². The van der Waals surface area contributed by atoms with Crippen molar-refractivity contribution in [3.8, 4) is 0 Å². The van der Waals surface area contributed by atoms with Gasteiger partial charge in [-0.05, 0) is 42.0 Å². The highest BCUT2D eigenvalue weighted by atomic mass is 16.3. The van der Waals surface area contributed by atoms with Gasteiger partial charge in [0.2, 0.25) is 5.91 Å². The summed E-state index contributed by atoms with van der Waals surface area (Å²) in [6, 6.07) is 29.0. The first-order valence-electron chi connectivity index (χ1n) is 9.88. The molecule has 2 aromatic heterocycles. The lowest BCUT2D eigenvalue weighted by Gasteiger charge is -2.24. The average molecular weight is 397 g/mol. The van der Waals surface area contributed by atoms with Crippen molar-refractivity contribution in [3.05, 3.63) is 120 Å². The number of para-hydroxylation sites is 1. The van der Waals surface area contributed by atoms with Crippen LogP contribution in [0.5, 0.6) is 0 Å². The number of furan rings is 1. The van der Waals surface area contributed by atoms with Gasteiger partial charge < -0.3 is 9.32 Å². The van der Waals surface area contributed by atoms with Gasteiger partial charge >= 0.3 is 0 Å². The second-order valence-corrected chi connectivity index (χ2v) is 6.87. The Balaban J connectivity index is 1.55. The highest BCUT2D eigenvalue weighted by Crippen LogP contribution is 2.21. The highest BCUT2D eigenvalue weighted by Gasteiger charge is 2.21. The van der Waals surface area contributed by atoms with Crippen LogP contribution in [0.4, 0.5) is 5.69 Å². The van der Waals surface area contributed by atoms with Gasteiger partial charge in [-0.15, -0.1) is 0 Å². The Morgan fingerprint density at radius 3 is 2.30 bits per heavy atom. The van der Waals surface area contributed by atoms with Gasteiger partial charge in [-0.2, -0.15) is 0 Å². The normalized spacial score (nSPS) is 11.7. The van der Waals surface area contributed by atoms with Crippen LogP contribution in [-0.4, -0.2) is 17.4 Å². The van der Waals surface area contributed by atoms with Crippen LogP contribution in [0.1, 0.15) is 23.1 Å². The van der Waals surface area contributed by atoms with E-state index < -0.39 is 0 Å². The van der Waals surface area contributed by atoms with E-state index in [4.69, 9.17) is 4.42 Å². The average Bonchev–Trinajstić information content (AvgIpc) is 3.33. The van der Waals surface area contributed by atoms with Gasteiger partial charge in [0.05, 0.1) is 31.1 Å². The second kappa shape index (κ2) is 9.67. The molecule has 1 unspecified atom stereocenters. The van der Waals surface area contributed by atoms with E-state index in [-0.39, 0.29) is 18.5 Å². The van der Waals surface area contributed by atoms with Crippen LogP contribution in [-0.2, 0) is 11.3 Å². The lowest BCUT2D eigenvalue weighted by atomic mass is 10.0. The van der Waals surface area contributed by atoms with Crippen LogP contribution < -0.4 is 10.2 Å². The Bertz CT molecular complexity index is 996. The van der Waals surface area contributed by atoms with E-state index in [0.29, 0.717) is 6.54 Å². The zero-order chi connectivity index (χ0) is 20.6. The van der Waals surface area contributed by atoms with Crippen LogP contribution in [0.2, 0.25) is 0 Å². The molecule has 150 valence electrons. The molecule has 2 heterocycles. The van der Waals surface area contributed by atoms with Gasteiger partial charge in [0.25, 0.3) is 0 Å². The van der Waals surface area contributed by atoms with E-state index in [2.05, 4.69) is 10.3 Å². The van der Waals surface area contributed by atoms with Gasteiger partial charge in [0.1, 0.15) is 5.76 Å². The van der Waals surface area contributed by atoms with E-state index in [1.54, 1.807) is 17.4 Å². The first-order chi connectivity index (χ1) is 14.8. The molecular formula is C25H23N3O2. The number of pyridine rings is 1. The third kappa shape index (κ3) is 4.82. The number of carbonyl (C=O) groups excluding carboxylic acids is 1. The summed E-state index contributed by atoms with van der Waals surface area (Å²) in [6.07, 6.45) is 3.38. The summed E-state index contributed by atoms with van der Waals surface area (Å²) in [6.45, 7) is 0.531. The van der Waals surface area contributed by atoms with Gasteiger partial charge in [0, 0.05) is 11.9 Å². The van der Waals surface area contributed by atoms with Crippen molar-refractivity contribution >= 4 is 11.6 Å². The molecule has 1 atom stereocenters. The van der Waals surface area contributed by atoms with Gasteiger partial charge in [-0.3, -0.25) is 15.1 Å². The highest BCUT2D eigenvalue weighted by molar-refractivity contribution is 5.94. The Morgan fingerprint density at radius 2 is 1.63 bits per heavy atom. The van der Waals surface area contributed by atoms with Crippen molar-refractivity contribution in [1.82, 2.24) is 10.3 Å². The summed E-state index contributed by atoms with van der Waals surface area (Å²) in [5.41, 5.74) is 2.75. The molecule has 1 N–H and O–H groups in total. The number of rotatable bonds is 8. The number of anilines is 1. The fourth-order valence-corrected chi connectivity index (χ4v) is 3.36. The number of carbonyl (C=O) groups is 1. The molecule has 1 amide bonds. The first-order valence-corrected chi connectivity index (χ1v) is 9.88. The molecule has 0 bridgehead atoms. The van der Waals surface area contributed by atoms with Crippen molar-refractivity contribution in [2.75, 3.05) is 11.4 Å². The molecule has 0 aliphatic heterocycles. The van der Waals surface area contributed by atoms with Gasteiger partial charge in [-0.1, -0.05) is 54.6 Å². The first kappa shape index (κ1) is 19.6. The molecule has 0 saturated heterocycles.